The van der Waals surface area contributed by atoms with Gasteiger partial charge >= 0.3 is 0 Å². The van der Waals surface area contributed by atoms with Crippen LogP contribution in [-0.4, -0.2) is 28.6 Å². The first-order valence-corrected chi connectivity index (χ1v) is 7.68. The van der Waals surface area contributed by atoms with Crippen molar-refractivity contribution in [1.82, 2.24) is 5.32 Å². The van der Waals surface area contributed by atoms with Crippen LogP contribution >= 0.6 is 15.9 Å². The minimum absolute atomic E-state index is 0.0631. The van der Waals surface area contributed by atoms with Gasteiger partial charge in [-0.1, -0.05) is 12.8 Å². The number of nitro groups is 1. The number of rotatable bonds is 4. The summed E-state index contributed by atoms with van der Waals surface area (Å²) in [5, 5.41) is 23.5. The number of halogens is 1. The van der Waals surface area contributed by atoms with E-state index in [1.54, 1.807) is 0 Å². The lowest BCUT2D eigenvalue weighted by Crippen LogP contribution is -2.36. The number of benzene rings is 1. The standard InChI is InChI=1S/C14H17BrN2O4/c15-11-6-5-9(7-12(11)17(20)21)14(19)16-8-10-3-1-2-4-13(10)18/h5-7,10,13,18H,1-4,8H2,(H,16,19). The molecule has 0 heterocycles. The Morgan fingerprint density at radius 1 is 1.43 bits per heavy atom. The van der Waals surface area contributed by atoms with Gasteiger partial charge in [0.25, 0.3) is 11.6 Å². The fourth-order valence-electron chi connectivity index (χ4n) is 2.55. The molecule has 1 fully saturated rings. The zero-order valence-corrected chi connectivity index (χ0v) is 13.0. The molecule has 114 valence electrons. The Morgan fingerprint density at radius 3 is 2.81 bits per heavy atom. The second kappa shape index (κ2) is 7.00. The third-order valence-electron chi connectivity index (χ3n) is 3.80. The van der Waals surface area contributed by atoms with Crippen molar-refractivity contribution in [3.63, 3.8) is 0 Å². The third kappa shape index (κ3) is 4.01. The van der Waals surface area contributed by atoms with Gasteiger partial charge in [0.2, 0.25) is 0 Å². The number of aliphatic hydroxyl groups excluding tert-OH is 1. The first-order valence-electron chi connectivity index (χ1n) is 6.89. The topological polar surface area (TPSA) is 92.5 Å². The van der Waals surface area contributed by atoms with Gasteiger partial charge in [-0.15, -0.1) is 0 Å². The molecule has 1 aromatic rings. The van der Waals surface area contributed by atoms with E-state index in [9.17, 15) is 20.0 Å². The molecule has 0 aliphatic heterocycles. The van der Waals surface area contributed by atoms with Crippen LogP contribution in [-0.2, 0) is 0 Å². The van der Waals surface area contributed by atoms with Gasteiger partial charge in [0.05, 0.1) is 15.5 Å². The maximum Gasteiger partial charge on any atom is 0.284 e. The SMILES string of the molecule is O=C(NCC1CCCCC1O)c1ccc(Br)c([N+](=O)[O-])c1. The van der Waals surface area contributed by atoms with Crippen LogP contribution in [0.5, 0.6) is 0 Å². The first kappa shape index (κ1) is 15.9. The predicted octanol–water partition coefficient (Wildman–Crippen LogP) is 2.64. The van der Waals surface area contributed by atoms with E-state index in [-0.39, 0.29) is 29.2 Å². The summed E-state index contributed by atoms with van der Waals surface area (Å²) in [5.74, 6) is -0.295. The van der Waals surface area contributed by atoms with Crippen molar-refractivity contribution in [3.05, 3.63) is 38.3 Å². The highest BCUT2D eigenvalue weighted by Gasteiger charge is 2.24. The minimum Gasteiger partial charge on any atom is -0.393 e. The number of carbonyl (C=O) groups excluding carboxylic acids is 1. The van der Waals surface area contributed by atoms with Crippen LogP contribution < -0.4 is 5.32 Å². The summed E-state index contributed by atoms with van der Waals surface area (Å²) < 4.78 is 0.340. The Hall–Kier alpha value is -1.47. The van der Waals surface area contributed by atoms with E-state index < -0.39 is 4.92 Å². The number of aliphatic hydroxyl groups is 1. The molecule has 1 amide bonds. The van der Waals surface area contributed by atoms with E-state index in [0.29, 0.717) is 11.0 Å². The zero-order chi connectivity index (χ0) is 15.4. The van der Waals surface area contributed by atoms with E-state index in [2.05, 4.69) is 21.2 Å². The van der Waals surface area contributed by atoms with Gasteiger partial charge in [0.1, 0.15) is 0 Å². The summed E-state index contributed by atoms with van der Waals surface area (Å²) in [5.41, 5.74) is 0.107. The van der Waals surface area contributed by atoms with Crippen molar-refractivity contribution in [1.29, 1.82) is 0 Å². The third-order valence-corrected chi connectivity index (χ3v) is 4.47. The molecule has 2 N–H and O–H groups in total. The maximum absolute atomic E-state index is 12.0. The molecule has 2 rings (SSSR count). The van der Waals surface area contributed by atoms with E-state index in [0.717, 1.165) is 25.7 Å². The largest absolute Gasteiger partial charge is 0.393 e. The Bertz CT molecular complexity index is 550. The summed E-state index contributed by atoms with van der Waals surface area (Å²) >= 11 is 3.08. The number of hydrogen-bond donors (Lipinski definition) is 2. The van der Waals surface area contributed by atoms with Crippen LogP contribution in [0.3, 0.4) is 0 Å². The summed E-state index contributed by atoms with van der Waals surface area (Å²) in [6.07, 6.45) is 3.36. The Kier molecular flexibility index (Phi) is 5.30. The van der Waals surface area contributed by atoms with Crippen LogP contribution in [0.2, 0.25) is 0 Å². The molecule has 0 radical (unpaired) electrons. The molecule has 21 heavy (non-hydrogen) atoms. The van der Waals surface area contributed by atoms with Crippen molar-refractivity contribution in [3.8, 4) is 0 Å². The minimum atomic E-state index is -0.536. The molecule has 1 aromatic carbocycles. The molecule has 0 bridgehead atoms. The van der Waals surface area contributed by atoms with Crippen LogP contribution in [0, 0.1) is 16.0 Å². The van der Waals surface area contributed by atoms with Gasteiger partial charge in [0, 0.05) is 24.1 Å². The summed E-state index contributed by atoms with van der Waals surface area (Å²) in [7, 11) is 0. The summed E-state index contributed by atoms with van der Waals surface area (Å²) in [4.78, 5) is 22.4. The highest BCUT2D eigenvalue weighted by atomic mass is 79.9. The number of nitrogens with zero attached hydrogens (tertiary/aromatic N) is 1. The molecule has 0 saturated heterocycles. The van der Waals surface area contributed by atoms with Crippen molar-refractivity contribution < 1.29 is 14.8 Å². The number of hydrogen-bond acceptors (Lipinski definition) is 4. The fraction of sp³-hybridized carbons (Fsp3) is 0.500. The molecule has 1 saturated carbocycles. The van der Waals surface area contributed by atoms with E-state index >= 15 is 0 Å². The maximum atomic E-state index is 12.0. The van der Waals surface area contributed by atoms with Crippen molar-refractivity contribution >= 4 is 27.5 Å². The number of nitro benzene ring substituents is 1. The first-order chi connectivity index (χ1) is 9.99. The second-order valence-corrected chi connectivity index (χ2v) is 6.10. The fourth-order valence-corrected chi connectivity index (χ4v) is 2.94. The zero-order valence-electron chi connectivity index (χ0n) is 11.4. The van der Waals surface area contributed by atoms with E-state index in [1.165, 1.54) is 18.2 Å². The highest BCUT2D eigenvalue weighted by molar-refractivity contribution is 9.10. The van der Waals surface area contributed by atoms with Crippen LogP contribution in [0.15, 0.2) is 22.7 Å². The Balaban J connectivity index is 2.00. The van der Waals surface area contributed by atoms with Crippen LogP contribution in [0.1, 0.15) is 36.0 Å². The van der Waals surface area contributed by atoms with Gasteiger partial charge in [-0.3, -0.25) is 14.9 Å². The number of amides is 1. The van der Waals surface area contributed by atoms with Crippen LogP contribution in [0.25, 0.3) is 0 Å². The Morgan fingerprint density at radius 2 is 2.14 bits per heavy atom. The molecule has 2 atom stereocenters. The second-order valence-electron chi connectivity index (χ2n) is 5.25. The average molecular weight is 357 g/mol. The molecular weight excluding hydrogens is 340 g/mol. The molecule has 0 aromatic heterocycles. The van der Waals surface area contributed by atoms with Crippen molar-refractivity contribution in [2.75, 3.05) is 6.54 Å². The molecule has 6 nitrogen and oxygen atoms in total. The molecule has 1 aliphatic rings. The normalized spacial score (nSPS) is 21.8. The lowest BCUT2D eigenvalue weighted by atomic mass is 9.86. The van der Waals surface area contributed by atoms with Crippen LogP contribution in [0.4, 0.5) is 5.69 Å². The molecule has 1 aliphatic carbocycles. The summed E-state index contributed by atoms with van der Waals surface area (Å²) in [6.45, 7) is 0.393. The summed E-state index contributed by atoms with van der Waals surface area (Å²) in [6, 6.07) is 4.27. The smallest absolute Gasteiger partial charge is 0.284 e. The molecular formula is C14H17BrN2O4. The lowest BCUT2D eigenvalue weighted by molar-refractivity contribution is -0.385. The number of nitrogens with one attached hydrogen (secondary N) is 1. The van der Waals surface area contributed by atoms with E-state index in [1.807, 2.05) is 0 Å². The van der Waals surface area contributed by atoms with Gasteiger partial charge in [-0.05, 0) is 40.9 Å². The van der Waals surface area contributed by atoms with Gasteiger partial charge in [0.15, 0.2) is 0 Å². The van der Waals surface area contributed by atoms with E-state index in [4.69, 9.17) is 0 Å². The highest BCUT2D eigenvalue weighted by Crippen LogP contribution is 2.26. The van der Waals surface area contributed by atoms with Gasteiger partial charge in [-0.25, -0.2) is 0 Å². The molecule has 7 heteroatoms. The molecule has 2 unspecified atom stereocenters. The average Bonchev–Trinajstić information content (AvgIpc) is 2.46. The predicted molar refractivity (Wildman–Crippen MR) is 81.1 cm³/mol. The van der Waals surface area contributed by atoms with Gasteiger partial charge in [-0.2, -0.15) is 0 Å². The molecule has 0 spiro atoms. The number of carbonyl (C=O) groups is 1. The van der Waals surface area contributed by atoms with Crippen molar-refractivity contribution in [2.45, 2.75) is 31.8 Å². The quantitative estimate of drug-likeness (QED) is 0.640. The van der Waals surface area contributed by atoms with Gasteiger partial charge < -0.3 is 10.4 Å². The lowest BCUT2D eigenvalue weighted by Gasteiger charge is -2.27. The van der Waals surface area contributed by atoms with Crippen molar-refractivity contribution in [2.24, 2.45) is 5.92 Å². The monoisotopic (exact) mass is 356 g/mol. The Labute approximate surface area is 130 Å².